The Morgan fingerprint density at radius 1 is 1.06 bits per heavy atom. The van der Waals surface area contributed by atoms with E-state index in [4.69, 9.17) is 0 Å². The predicted octanol–water partition coefficient (Wildman–Crippen LogP) is 3.10. The van der Waals surface area contributed by atoms with E-state index in [9.17, 15) is 5.11 Å². The first-order chi connectivity index (χ1) is 7.77. The minimum Gasteiger partial charge on any atom is -0.392 e. The van der Waals surface area contributed by atoms with Crippen LogP contribution in [0.3, 0.4) is 0 Å². The minimum absolute atomic E-state index is 0.154. The van der Waals surface area contributed by atoms with Crippen LogP contribution in [0.5, 0.6) is 0 Å². The zero-order valence-corrected chi connectivity index (χ0v) is 11.0. The molecule has 2 heteroatoms. The molecule has 2 N–H and O–H groups in total. The average molecular weight is 227 g/mol. The van der Waals surface area contributed by atoms with Gasteiger partial charge < -0.3 is 10.4 Å². The van der Waals surface area contributed by atoms with Crippen LogP contribution in [0, 0.1) is 5.92 Å². The smallest absolute Gasteiger partial charge is 0.0692 e. The van der Waals surface area contributed by atoms with Crippen LogP contribution in [0.4, 0.5) is 0 Å². The molecule has 2 nitrogen and oxygen atoms in total. The third kappa shape index (κ3) is 4.84. The molecular formula is C14H29NO. The molecule has 0 bridgehead atoms. The molecule has 0 aromatic rings. The molecule has 0 heterocycles. The van der Waals surface area contributed by atoms with E-state index >= 15 is 0 Å². The third-order valence-electron chi connectivity index (χ3n) is 4.06. The fourth-order valence-corrected chi connectivity index (χ4v) is 2.77. The quantitative estimate of drug-likeness (QED) is 0.683. The van der Waals surface area contributed by atoms with Crippen LogP contribution >= 0.6 is 0 Å². The highest BCUT2D eigenvalue weighted by atomic mass is 16.3. The minimum atomic E-state index is -0.154. The molecule has 0 aliphatic heterocycles. The molecule has 1 aliphatic carbocycles. The van der Waals surface area contributed by atoms with Crippen LogP contribution in [0.25, 0.3) is 0 Å². The van der Waals surface area contributed by atoms with Gasteiger partial charge in [0.05, 0.1) is 6.10 Å². The molecule has 16 heavy (non-hydrogen) atoms. The van der Waals surface area contributed by atoms with Crippen LogP contribution in [-0.4, -0.2) is 23.8 Å². The van der Waals surface area contributed by atoms with Crippen LogP contribution < -0.4 is 5.32 Å². The van der Waals surface area contributed by atoms with Gasteiger partial charge in [0.25, 0.3) is 0 Å². The molecule has 0 spiro atoms. The molecule has 1 atom stereocenters. The van der Waals surface area contributed by atoms with Crippen molar-refractivity contribution in [2.24, 2.45) is 5.92 Å². The highest BCUT2D eigenvalue weighted by molar-refractivity contribution is 4.75. The largest absolute Gasteiger partial charge is 0.392 e. The van der Waals surface area contributed by atoms with Gasteiger partial charge in [0.1, 0.15) is 0 Å². The summed E-state index contributed by atoms with van der Waals surface area (Å²) in [5, 5.41) is 13.6. The highest BCUT2D eigenvalue weighted by Gasteiger charge is 2.17. The third-order valence-corrected chi connectivity index (χ3v) is 4.06. The van der Waals surface area contributed by atoms with E-state index in [0.717, 1.165) is 19.4 Å². The Labute approximate surface area is 101 Å². The van der Waals surface area contributed by atoms with E-state index in [1.54, 1.807) is 0 Å². The van der Waals surface area contributed by atoms with Gasteiger partial charge in [-0.05, 0) is 18.8 Å². The molecule has 0 radical (unpaired) electrons. The second-order valence-electron chi connectivity index (χ2n) is 5.24. The van der Waals surface area contributed by atoms with Gasteiger partial charge in [0.15, 0.2) is 0 Å². The van der Waals surface area contributed by atoms with Crippen molar-refractivity contribution in [1.29, 1.82) is 0 Å². The summed E-state index contributed by atoms with van der Waals surface area (Å²) >= 11 is 0. The molecule has 1 rings (SSSR count). The van der Waals surface area contributed by atoms with Gasteiger partial charge in [-0.1, -0.05) is 52.4 Å². The molecule has 1 aliphatic rings. The first-order valence-corrected chi connectivity index (χ1v) is 7.19. The molecule has 0 amide bonds. The Kier molecular flexibility index (Phi) is 7.06. The predicted molar refractivity (Wildman–Crippen MR) is 69.6 cm³/mol. The van der Waals surface area contributed by atoms with E-state index in [1.807, 2.05) is 0 Å². The number of aliphatic hydroxyl groups is 1. The molecule has 0 saturated heterocycles. The molecule has 0 aromatic carbocycles. The van der Waals surface area contributed by atoms with Crippen molar-refractivity contribution >= 4 is 0 Å². The van der Waals surface area contributed by atoms with Gasteiger partial charge in [-0.25, -0.2) is 0 Å². The number of nitrogens with one attached hydrogen (secondary N) is 1. The van der Waals surface area contributed by atoms with Crippen molar-refractivity contribution in [3.63, 3.8) is 0 Å². The lowest BCUT2D eigenvalue weighted by molar-refractivity contribution is 0.0975. The summed E-state index contributed by atoms with van der Waals surface area (Å²) in [7, 11) is 0. The first kappa shape index (κ1) is 14.0. The molecule has 0 aromatic heterocycles. The summed E-state index contributed by atoms with van der Waals surface area (Å²) in [4.78, 5) is 0. The Bertz CT molecular complexity index is 158. The summed E-state index contributed by atoms with van der Waals surface area (Å²) in [6, 6.07) is 0.659. The summed E-state index contributed by atoms with van der Waals surface area (Å²) in [6.07, 6.45) is 10.1. The molecular weight excluding hydrogens is 198 g/mol. The normalized spacial score (nSPS) is 21.0. The van der Waals surface area contributed by atoms with E-state index < -0.39 is 0 Å². The highest BCUT2D eigenvalue weighted by Crippen LogP contribution is 2.18. The van der Waals surface area contributed by atoms with Crippen LogP contribution in [0.1, 0.15) is 65.2 Å². The zero-order chi connectivity index (χ0) is 11.8. The van der Waals surface area contributed by atoms with E-state index in [1.165, 1.54) is 38.5 Å². The number of hydrogen-bond acceptors (Lipinski definition) is 2. The Hall–Kier alpha value is -0.0800. The Morgan fingerprint density at radius 2 is 1.62 bits per heavy atom. The summed E-state index contributed by atoms with van der Waals surface area (Å²) in [5.74, 6) is 0.471. The fraction of sp³-hybridized carbons (Fsp3) is 1.00. The van der Waals surface area contributed by atoms with Gasteiger partial charge in [0, 0.05) is 12.6 Å². The monoisotopic (exact) mass is 227 g/mol. The second kappa shape index (κ2) is 8.08. The fourth-order valence-electron chi connectivity index (χ4n) is 2.77. The van der Waals surface area contributed by atoms with Crippen molar-refractivity contribution in [3.8, 4) is 0 Å². The lowest BCUT2D eigenvalue weighted by Gasteiger charge is -2.23. The molecule has 96 valence electrons. The topological polar surface area (TPSA) is 32.3 Å². The van der Waals surface area contributed by atoms with Gasteiger partial charge in [-0.2, -0.15) is 0 Å². The van der Waals surface area contributed by atoms with E-state index in [2.05, 4.69) is 19.2 Å². The lowest BCUT2D eigenvalue weighted by Crippen LogP contribution is -2.38. The van der Waals surface area contributed by atoms with E-state index in [0.29, 0.717) is 12.0 Å². The van der Waals surface area contributed by atoms with Crippen LogP contribution in [0.15, 0.2) is 0 Å². The average Bonchev–Trinajstić information content (AvgIpc) is 2.56. The van der Waals surface area contributed by atoms with Crippen molar-refractivity contribution in [3.05, 3.63) is 0 Å². The van der Waals surface area contributed by atoms with Crippen molar-refractivity contribution < 1.29 is 5.11 Å². The van der Waals surface area contributed by atoms with Gasteiger partial charge >= 0.3 is 0 Å². The summed E-state index contributed by atoms with van der Waals surface area (Å²) in [6.45, 7) is 5.13. The standard InChI is InChI=1S/C14H29NO/c1-3-12(4-2)14(16)11-15-13-9-7-5-6-8-10-13/h12-16H,3-11H2,1-2H3. The van der Waals surface area contributed by atoms with Gasteiger partial charge in [-0.3, -0.25) is 0 Å². The van der Waals surface area contributed by atoms with E-state index in [-0.39, 0.29) is 6.10 Å². The summed E-state index contributed by atoms with van der Waals surface area (Å²) < 4.78 is 0. The second-order valence-corrected chi connectivity index (χ2v) is 5.24. The number of rotatable bonds is 6. The van der Waals surface area contributed by atoms with Crippen molar-refractivity contribution in [2.45, 2.75) is 77.4 Å². The maximum Gasteiger partial charge on any atom is 0.0692 e. The first-order valence-electron chi connectivity index (χ1n) is 7.19. The maximum absolute atomic E-state index is 10.0. The molecule has 1 saturated carbocycles. The van der Waals surface area contributed by atoms with Crippen molar-refractivity contribution in [1.82, 2.24) is 5.32 Å². The molecule has 1 fully saturated rings. The van der Waals surface area contributed by atoms with Gasteiger partial charge in [0.2, 0.25) is 0 Å². The Balaban J connectivity index is 2.21. The summed E-state index contributed by atoms with van der Waals surface area (Å²) in [5.41, 5.74) is 0. The maximum atomic E-state index is 10.0. The number of hydrogen-bond donors (Lipinski definition) is 2. The van der Waals surface area contributed by atoms with Crippen LogP contribution in [0.2, 0.25) is 0 Å². The SMILES string of the molecule is CCC(CC)C(O)CNC1CCCCCC1. The van der Waals surface area contributed by atoms with Gasteiger partial charge in [-0.15, -0.1) is 0 Å². The lowest BCUT2D eigenvalue weighted by atomic mass is 9.96. The number of aliphatic hydroxyl groups excluding tert-OH is 1. The van der Waals surface area contributed by atoms with Crippen molar-refractivity contribution in [2.75, 3.05) is 6.54 Å². The van der Waals surface area contributed by atoms with Crippen LogP contribution in [-0.2, 0) is 0 Å². The molecule has 1 unspecified atom stereocenters. The zero-order valence-electron chi connectivity index (χ0n) is 11.0. The Morgan fingerprint density at radius 3 is 2.12 bits per heavy atom.